The standard InChI is InChI=1S/C41H55N3O14/c1-19-11-10-12-20(2)40(53)43-26-17-28(55-18-29(47)44-42-14-15-45)30-31(36(26)51)35(50)24(6)38-32(30)39(52)41(8,58-38)56-16-13-27(54-9)21(3)37(57-25(7)46)23(5)34(49)22(4)33(19)48/h10-13,16-17,19,21-23,27,33-34,37,42,45,48-51H,14-15,18H2,1-9H3,(H,43,53)(H,44,47)/b11-10+,16-13+,20-12-/t19-,21+,22+,23+,27-,33-,34+,37+,41-/m0/s1. The highest BCUT2D eigenvalue weighted by Gasteiger charge is 2.49. The molecule has 3 aliphatic heterocycles. The molecule has 9 atom stereocenters. The van der Waals surface area contributed by atoms with Crippen LogP contribution >= 0.6 is 0 Å². The number of benzene rings is 2. The number of Topliss-reactive ketones (excluding diaryl/α,β-unsaturated/α-hetero) is 1. The predicted molar refractivity (Wildman–Crippen MR) is 211 cm³/mol. The lowest BCUT2D eigenvalue weighted by molar-refractivity contribution is -0.160. The minimum absolute atomic E-state index is 0.0419. The Bertz CT molecular complexity index is 1980. The molecule has 0 saturated heterocycles. The van der Waals surface area contributed by atoms with Gasteiger partial charge in [0.1, 0.15) is 23.4 Å². The summed E-state index contributed by atoms with van der Waals surface area (Å²) in [4.78, 5) is 52.8. The van der Waals surface area contributed by atoms with Crippen LogP contribution in [0.3, 0.4) is 0 Å². The Hall–Kier alpha value is -5.20. The molecule has 17 heteroatoms. The van der Waals surface area contributed by atoms with Crippen molar-refractivity contribution in [1.82, 2.24) is 10.9 Å². The van der Waals surface area contributed by atoms with Crippen molar-refractivity contribution in [3.05, 3.63) is 53.3 Å². The van der Waals surface area contributed by atoms with Gasteiger partial charge in [-0.1, -0.05) is 45.9 Å². The first kappa shape index (κ1) is 45.5. The Labute approximate surface area is 336 Å². The van der Waals surface area contributed by atoms with Crippen LogP contribution in [0.5, 0.6) is 23.0 Å². The molecule has 0 aliphatic carbocycles. The van der Waals surface area contributed by atoms with E-state index >= 15 is 0 Å². The number of ether oxygens (including phenoxy) is 5. The summed E-state index contributed by atoms with van der Waals surface area (Å²) in [5.41, 5.74) is 4.67. The number of aromatic hydroxyl groups is 2. The van der Waals surface area contributed by atoms with Gasteiger partial charge in [-0.3, -0.25) is 24.6 Å². The van der Waals surface area contributed by atoms with E-state index in [4.69, 9.17) is 28.8 Å². The molecule has 0 aromatic heterocycles. The number of phenolic OH excluding ortho intramolecular Hbond substituents is 2. The van der Waals surface area contributed by atoms with Crippen LogP contribution in [0.4, 0.5) is 5.69 Å². The number of aliphatic hydroxyl groups excluding tert-OH is 3. The van der Waals surface area contributed by atoms with Gasteiger partial charge < -0.3 is 54.5 Å². The molecule has 5 bridgehead atoms. The zero-order valence-electron chi connectivity index (χ0n) is 34.1. The number of nitrogens with one attached hydrogen (secondary N) is 3. The van der Waals surface area contributed by atoms with Gasteiger partial charge in [-0.15, -0.1) is 0 Å². The fourth-order valence-electron chi connectivity index (χ4n) is 7.14. The summed E-state index contributed by atoms with van der Waals surface area (Å²) in [7, 11) is 1.42. The van der Waals surface area contributed by atoms with E-state index in [2.05, 4.69) is 16.2 Å². The van der Waals surface area contributed by atoms with Crippen molar-refractivity contribution in [3.63, 3.8) is 0 Å². The maximum absolute atomic E-state index is 14.4. The van der Waals surface area contributed by atoms with Crippen molar-refractivity contribution in [2.45, 2.75) is 85.6 Å². The molecule has 0 fully saturated rings. The highest BCUT2D eigenvalue weighted by atomic mass is 16.7. The molecule has 8 N–H and O–H groups in total. The third-order valence-corrected chi connectivity index (χ3v) is 10.6. The summed E-state index contributed by atoms with van der Waals surface area (Å²) in [6.07, 6.45) is 3.42. The molecular weight excluding hydrogens is 758 g/mol. The van der Waals surface area contributed by atoms with Gasteiger partial charge in [0.15, 0.2) is 12.4 Å². The van der Waals surface area contributed by atoms with Crippen LogP contribution in [0.1, 0.15) is 64.4 Å². The number of rotatable bonds is 8. The Morgan fingerprint density at radius 1 is 0.983 bits per heavy atom. The maximum Gasteiger partial charge on any atom is 0.312 e. The minimum atomic E-state index is -2.05. The van der Waals surface area contributed by atoms with Crippen LogP contribution < -0.4 is 25.6 Å². The Kier molecular flexibility index (Phi) is 14.9. The van der Waals surface area contributed by atoms with Crippen LogP contribution in [0.15, 0.2) is 42.2 Å². The van der Waals surface area contributed by atoms with E-state index < -0.39 is 95.5 Å². The van der Waals surface area contributed by atoms with Crippen LogP contribution in [0, 0.1) is 30.6 Å². The second kappa shape index (κ2) is 19.0. The van der Waals surface area contributed by atoms with Gasteiger partial charge in [-0.05, 0) is 19.9 Å². The van der Waals surface area contributed by atoms with Crippen molar-refractivity contribution in [1.29, 1.82) is 0 Å². The van der Waals surface area contributed by atoms with Crippen molar-refractivity contribution >= 4 is 40.0 Å². The summed E-state index contributed by atoms with van der Waals surface area (Å²) >= 11 is 0. The SMILES string of the molecule is CO[C@H]1/C=C/O[C@@]2(C)Oc3c(C)c(O)c4c(O)c(cc(OCC(=O)NNCCO)c4c3C2=O)NC(=O)/C(C)=C\C=C\[C@H](C)[C@H](O)[C@@H](C)[C@@H](O)[C@@H](C)[C@H](OC(C)=O)[C@@H]1C. The van der Waals surface area contributed by atoms with Gasteiger partial charge in [0.05, 0.1) is 47.8 Å². The molecule has 2 amide bonds. The first-order valence-electron chi connectivity index (χ1n) is 18.9. The highest BCUT2D eigenvalue weighted by Crippen LogP contribution is 2.54. The van der Waals surface area contributed by atoms with Gasteiger partial charge in [-0.25, -0.2) is 5.43 Å². The average Bonchev–Trinajstić information content (AvgIpc) is 3.45. The van der Waals surface area contributed by atoms with Crippen molar-refractivity contribution in [2.75, 3.05) is 32.2 Å². The lowest BCUT2D eigenvalue weighted by Crippen LogP contribution is -2.46. The minimum Gasteiger partial charge on any atom is -0.507 e. The molecule has 5 rings (SSSR count). The summed E-state index contributed by atoms with van der Waals surface area (Å²) < 4.78 is 29.4. The first-order chi connectivity index (χ1) is 27.3. The molecular formula is C41H55N3O14. The average molecular weight is 814 g/mol. The fourth-order valence-corrected chi connectivity index (χ4v) is 7.14. The molecule has 0 unspecified atom stereocenters. The first-order valence-corrected chi connectivity index (χ1v) is 18.9. The quantitative estimate of drug-likeness (QED) is 0.0826. The van der Waals surface area contributed by atoms with E-state index in [9.17, 15) is 39.6 Å². The molecule has 58 heavy (non-hydrogen) atoms. The lowest BCUT2D eigenvalue weighted by Gasteiger charge is -2.38. The molecule has 0 spiro atoms. The summed E-state index contributed by atoms with van der Waals surface area (Å²) in [6.45, 7) is 11.5. The van der Waals surface area contributed by atoms with Crippen molar-refractivity contribution in [3.8, 4) is 23.0 Å². The monoisotopic (exact) mass is 813 g/mol. The second-order valence-electron chi connectivity index (χ2n) is 14.9. The van der Waals surface area contributed by atoms with Crippen LogP contribution in [-0.4, -0.2) is 106 Å². The van der Waals surface area contributed by atoms with E-state index in [0.29, 0.717) is 0 Å². The van der Waals surface area contributed by atoms with Crippen LogP contribution in [0.25, 0.3) is 10.8 Å². The Balaban J connectivity index is 1.91. The molecule has 3 aliphatic rings. The number of carbonyl (C=O) groups excluding carboxylic acids is 4. The number of carbonyl (C=O) groups is 4. The number of hydrogen-bond donors (Lipinski definition) is 8. The molecule has 318 valence electrons. The van der Waals surface area contributed by atoms with Crippen molar-refractivity contribution < 1.29 is 68.4 Å². The number of allylic oxidation sites excluding steroid dienone is 2. The number of phenols is 2. The van der Waals surface area contributed by atoms with E-state index in [0.717, 1.165) is 0 Å². The third kappa shape index (κ3) is 9.56. The molecule has 2 aromatic carbocycles. The maximum atomic E-state index is 14.4. The van der Waals surface area contributed by atoms with E-state index in [1.807, 2.05) is 0 Å². The van der Waals surface area contributed by atoms with Gasteiger partial charge in [-0.2, -0.15) is 0 Å². The van der Waals surface area contributed by atoms with Gasteiger partial charge in [0.25, 0.3) is 17.6 Å². The predicted octanol–water partition coefficient (Wildman–Crippen LogP) is 3.04. The summed E-state index contributed by atoms with van der Waals surface area (Å²) in [5, 5.41) is 57.1. The van der Waals surface area contributed by atoms with E-state index in [1.54, 1.807) is 39.8 Å². The number of ketones is 1. The lowest BCUT2D eigenvalue weighted by atomic mass is 9.78. The van der Waals surface area contributed by atoms with Gasteiger partial charge in [0, 0.05) is 73.8 Å². The summed E-state index contributed by atoms with van der Waals surface area (Å²) in [6, 6.07) is 1.20. The smallest absolute Gasteiger partial charge is 0.312 e. The zero-order valence-corrected chi connectivity index (χ0v) is 34.1. The number of fused-ring (bicyclic) bond motifs is 14. The highest BCUT2D eigenvalue weighted by molar-refractivity contribution is 6.21. The molecule has 3 heterocycles. The molecule has 2 aromatic rings. The Morgan fingerprint density at radius 3 is 2.31 bits per heavy atom. The molecule has 0 radical (unpaired) electrons. The number of methoxy groups -OCH3 is 1. The number of hydrazine groups is 1. The topological polar surface area (TPSA) is 252 Å². The molecule has 17 nitrogen and oxygen atoms in total. The van der Waals surface area contributed by atoms with Crippen molar-refractivity contribution in [2.24, 2.45) is 23.7 Å². The van der Waals surface area contributed by atoms with Crippen LogP contribution in [-0.2, 0) is 28.6 Å². The Morgan fingerprint density at radius 2 is 1.67 bits per heavy atom. The zero-order chi connectivity index (χ0) is 43.2. The molecule has 0 saturated carbocycles. The fraction of sp³-hybridized carbons (Fsp3) is 0.512. The number of hydrogen-bond acceptors (Lipinski definition) is 15. The number of esters is 1. The number of aliphatic hydroxyl groups is 3. The number of anilines is 1. The van der Waals surface area contributed by atoms with Gasteiger partial charge in [0.2, 0.25) is 0 Å². The van der Waals surface area contributed by atoms with Gasteiger partial charge >= 0.3 is 11.8 Å². The second-order valence-corrected chi connectivity index (χ2v) is 14.9. The van der Waals surface area contributed by atoms with E-state index in [1.165, 1.54) is 59.3 Å². The summed E-state index contributed by atoms with van der Waals surface area (Å²) in [5.74, 6) is -8.73. The van der Waals surface area contributed by atoms with Crippen LogP contribution in [0.2, 0.25) is 0 Å². The largest absolute Gasteiger partial charge is 0.507 e. The van der Waals surface area contributed by atoms with E-state index in [-0.39, 0.29) is 57.8 Å². The third-order valence-electron chi connectivity index (χ3n) is 10.6. The normalized spacial score (nSPS) is 30.1. The number of amides is 2.